The van der Waals surface area contributed by atoms with Crippen LogP contribution in [-0.4, -0.2) is 34.9 Å². The molecule has 1 fully saturated rings. The lowest BCUT2D eigenvalue weighted by molar-refractivity contribution is 0.494. The summed E-state index contributed by atoms with van der Waals surface area (Å²) in [6, 6.07) is 0. The van der Waals surface area contributed by atoms with Gasteiger partial charge in [-0.05, 0) is 12.3 Å². The number of sulfone groups is 1. The molecule has 1 saturated heterocycles. The van der Waals surface area contributed by atoms with Crippen molar-refractivity contribution in [3.8, 4) is 0 Å². The fraction of sp³-hybridized carbons (Fsp3) is 1.00. The zero-order chi connectivity index (χ0) is 10.1. The van der Waals surface area contributed by atoms with Gasteiger partial charge in [-0.15, -0.1) is 0 Å². The fourth-order valence-corrected chi connectivity index (χ4v) is 3.32. The van der Waals surface area contributed by atoms with Crippen LogP contribution in [0.1, 0.15) is 6.42 Å². The molecule has 1 heterocycles. The van der Waals surface area contributed by atoms with E-state index in [1.165, 1.54) is 0 Å². The zero-order valence-electron chi connectivity index (χ0n) is 6.93. The van der Waals surface area contributed by atoms with Gasteiger partial charge in [0.15, 0.2) is 9.84 Å². The van der Waals surface area contributed by atoms with Gasteiger partial charge in [0.05, 0.1) is 11.5 Å². The highest BCUT2D eigenvalue weighted by Gasteiger charge is 2.32. The van der Waals surface area contributed by atoms with Crippen molar-refractivity contribution < 1.29 is 16.8 Å². The summed E-state index contributed by atoms with van der Waals surface area (Å²) >= 11 is 0. The van der Waals surface area contributed by atoms with Gasteiger partial charge in [0.25, 0.3) is 10.2 Å². The van der Waals surface area contributed by atoms with Crippen LogP contribution in [0, 0.1) is 5.92 Å². The topological polar surface area (TPSA) is 106 Å². The Balaban J connectivity index is 2.17. The van der Waals surface area contributed by atoms with Crippen molar-refractivity contribution in [1.82, 2.24) is 4.72 Å². The fourth-order valence-electron chi connectivity index (χ4n) is 1.24. The molecule has 8 heteroatoms. The molecule has 1 aliphatic heterocycles. The van der Waals surface area contributed by atoms with E-state index in [0.29, 0.717) is 6.42 Å². The second-order valence-corrected chi connectivity index (χ2v) is 6.70. The molecule has 0 spiro atoms. The maximum absolute atomic E-state index is 10.7. The molecule has 1 rings (SSSR count). The summed E-state index contributed by atoms with van der Waals surface area (Å²) in [5.74, 6) is 0.415. The maximum Gasteiger partial charge on any atom is 0.274 e. The number of nitrogens with one attached hydrogen (secondary N) is 1. The Labute approximate surface area is 77.6 Å². The van der Waals surface area contributed by atoms with E-state index in [9.17, 15) is 16.8 Å². The first-order valence-corrected chi connectivity index (χ1v) is 7.13. The third-order valence-corrected chi connectivity index (χ3v) is 4.40. The summed E-state index contributed by atoms with van der Waals surface area (Å²) in [5, 5.41) is 4.68. The highest BCUT2D eigenvalue weighted by Crippen LogP contribution is 2.20. The molecule has 0 aromatic carbocycles. The molecule has 0 amide bonds. The van der Waals surface area contributed by atoms with E-state index in [2.05, 4.69) is 9.86 Å². The summed E-state index contributed by atoms with van der Waals surface area (Å²) < 4.78 is 44.3. The molecule has 6 nitrogen and oxygen atoms in total. The minimum atomic E-state index is -3.63. The summed E-state index contributed by atoms with van der Waals surface area (Å²) in [6.45, 7) is 0.207. The largest absolute Gasteiger partial charge is 0.274 e. The first-order valence-electron chi connectivity index (χ1n) is 3.76. The van der Waals surface area contributed by atoms with Crippen LogP contribution in [-0.2, 0) is 20.0 Å². The second kappa shape index (κ2) is 3.52. The molecule has 0 aromatic heterocycles. The van der Waals surface area contributed by atoms with Gasteiger partial charge < -0.3 is 0 Å². The van der Waals surface area contributed by atoms with Crippen molar-refractivity contribution in [3.05, 3.63) is 0 Å². The van der Waals surface area contributed by atoms with E-state index in [-0.39, 0.29) is 24.0 Å². The van der Waals surface area contributed by atoms with Crippen LogP contribution in [0.5, 0.6) is 0 Å². The van der Waals surface area contributed by atoms with E-state index in [0.717, 1.165) is 0 Å². The number of hydrogen-bond donors (Lipinski definition) is 2. The molecule has 13 heavy (non-hydrogen) atoms. The van der Waals surface area contributed by atoms with Crippen LogP contribution in [0.4, 0.5) is 0 Å². The Morgan fingerprint density at radius 2 is 1.92 bits per heavy atom. The minimum absolute atomic E-state index is 0.0826. The van der Waals surface area contributed by atoms with Gasteiger partial charge in [0.2, 0.25) is 0 Å². The Kier molecular flexibility index (Phi) is 2.95. The number of nitrogens with two attached hydrogens (primary N) is 1. The standard InChI is InChI=1S/C5H12N2O4S2/c6-13(10,11)7-2-1-5-3-12(8,9)4-5/h5,7H,1-4H2,(H2,6,10,11). The molecule has 3 N–H and O–H groups in total. The van der Waals surface area contributed by atoms with Crippen LogP contribution < -0.4 is 9.86 Å². The zero-order valence-corrected chi connectivity index (χ0v) is 8.57. The lowest BCUT2D eigenvalue weighted by Gasteiger charge is -2.25. The Hall–Kier alpha value is -0.180. The van der Waals surface area contributed by atoms with Crippen LogP contribution in [0.15, 0.2) is 0 Å². The molecule has 78 valence electrons. The van der Waals surface area contributed by atoms with Crippen LogP contribution >= 0.6 is 0 Å². The van der Waals surface area contributed by atoms with Crippen molar-refractivity contribution in [2.75, 3.05) is 18.1 Å². The van der Waals surface area contributed by atoms with Crippen LogP contribution in [0.2, 0.25) is 0 Å². The normalized spacial score (nSPS) is 22.5. The molecule has 0 radical (unpaired) electrons. The van der Waals surface area contributed by atoms with Crippen LogP contribution in [0.25, 0.3) is 0 Å². The monoisotopic (exact) mass is 228 g/mol. The quantitative estimate of drug-likeness (QED) is 0.593. The van der Waals surface area contributed by atoms with Crippen molar-refractivity contribution in [1.29, 1.82) is 0 Å². The average molecular weight is 228 g/mol. The molecular formula is C5H12N2O4S2. The average Bonchev–Trinajstić information content (AvgIpc) is 1.79. The summed E-state index contributed by atoms with van der Waals surface area (Å²) in [7, 11) is -6.44. The Bertz CT molecular complexity index is 359. The molecule has 0 saturated carbocycles. The Morgan fingerprint density at radius 1 is 1.38 bits per heavy atom. The number of rotatable bonds is 4. The molecule has 0 aliphatic carbocycles. The smallest absolute Gasteiger partial charge is 0.229 e. The maximum atomic E-state index is 10.7. The molecular weight excluding hydrogens is 216 g/mol. The van der Waals surface area contributed by atoms with E-state index in [1.807, 2.05) is 0 Å². The number of hydrogen-bond acceptors (Lipinski definition) is 4. The molecule has 0 atom stereocenters. The predicted octanol–water partition coefficient (Wildman–Crippen LogP) is -1.79. The third-order valence-electron chi connectivity index (χ3n) is 1.84. The minimum Gasteiger partial charge on any atom is -0.229 e. The summed E-state index contributed by atoms with van der Waals surface area (Å²) in [4.78, 5) is 0. The summed E-state index contributed by atoms with van der Waals surface area (Å²) in [6.07, 6.45) is 0.523. The highest BCUT2D eigenvalue weighted by molar-refractivity contribution is 7.92. The Morgan fingerprint density at radius 3 is 2.31 bits per heavy atom. The lowest BCUT2D eigenvalue weighted by atomic mass is 10.1. The summed E-state index contributed by atoms with van der Waals surface area (Å²) in [5.41, 5.74) is 0. The van der Waals surface area contributed by atoms with Crippen LogP contribution in [0.3, 0.4) is 0 Å². The second-order valence-electron chi connectivity index (χ2n) is 3.17. The molecule has 0 unspecified atom stereocenters. The van der Waals surface area contributed by atoms with E-state index in [1.54, 1.807) is 0 Å². The van der Waals surface area contributed by atoms with Gasteiger partial charge in [-0.1, -0.05) is 0 Å². The van der Waals surface area contributed by atoms with Crippen molar-refractivity contribution in [2.45, 2.75) is 6.42 Å². The first-order chi connectivity index (χ1) is 5.79. The predicted molar refractivity (Wildman–Crippen MR) is 47.9 cm³/mol. The lowest BCUT2D eigenvalue weighted by Crippen LogP contribution is -2.39. The molecule has 0 bridgehead atoms. The van der Waals surface area contributed by atoms with Gasteiger partial charge >= 0.3 is 0 Å². The van der Waals surface area contributed by atoms with E-state index >= 15 is 0 Å². The van der Waals surface area contributed by atoms with E-state index < -0.39 is 20.0 Å². The first kappa shape index (κ1) is 10.9. The van der Waals surface area contributed by atoms with Gasteiger partial charge in [-0.3, -0.25) is 0 Å². The van der Waals surface area contributed by atoms with Gasteiger partial charge in [-0.2, -0.15) is 8.42 Å². The van der Waals surface area contributed by atoms with Gasteiger partial charge in [0.1, 0.15) is 0 Å². The van der Waals surface area contributed by atoms with Crippen molar-refractivity contribution in [2.24, 2.45) is 11.1 Å². The molecule has 0 aromatic rings. The SMILES string of the molecule is NS(=O)(=O)NCCC1CS(=O)(=O)C1. The van der Waals surface area contributed by atoms with Crippen molar-refractivity contribution >= 4 is 20.0 Å². The molecule has 1 aliphatic rings. The third kappa shape index (κ3) is 4.03. The highest BCUT2D eigenvalue weighted by atomic mass is 32.2. The van der Waals surface area contributed by atoms with Gasteiger partial charge in [0, 0.05) is 6.54 Å². The van der Waals surface area contributed by atoms with E-state index in [4.69, 9.17) is 0 Å². The van der Waals surface area contributed by atoms with Gasteiger partial charge in [-0.25, -0.2) is 18.3 Å². The van der Waals surface area contributed by atoms with Crippen molar-refractivity contribution in [3.63, 3.8) is 0 Å².